The normalized spacial score (nSPS) is 11.6. The molecule has 0 spiro atoms. The van der Waals surface area contributed by atoms with E-state index in [-0.39, 0.29) is 12.6 Å². The molecule has 0 heterocycles. The van der Waals surface area contributed by atoms with Crippen molar-refractivity contribution in [3.63, 3.8) is 0 Å². The molecule has 116 valence electrons. The van der Waals surface area contributed by atoms with Crippen molar-refractivity contribution < 1.29 is 19.4 Å². The number of aliphatic carboxylic acids is 1. The molecule has 1 rings (SSSR count). The van der Waals surface area contributed by atoms with Crippen molar-refractivity contribution in [1.82, 2.24) is 9.80 Å². The summed E-state index contributed by atoms with van der Waals surface area (Å²) in [5.74, 6) is -0.768. The largest absolute Gasteiger partial charge is 0.497 e. The van der Waals surface area contributed by atoms with Gasteiger partial charge in [0, 0.05) is 27.2 Å². The zero-order chi connectivity index (χ0) is 16.0. The van der Waals surface area contributed by atoms with Crippen LogP contribution in [0.3, 0.4) is 0 Å². The van der Waals surface area contributed by atoms with Gasteiger partial charge in [-0.25, -0.2) is 4.79 Å². The third-order valence-electron chi connectivity index (χ3n) is 3.18. The first-order valence-corrected chi connectivity index (χ1v) is 6.67. The van der Waals surface area contributed by atoms with Crippen LogP contribution in [0.25, 0.3) is 0 Å². The number of methoxy groups -OCH3 is 1. The second-order valence-electron chi connectivity index (χ2n) is 5.11. The predicted octanol–water partition coefficient (Wildman–Crippen LogP) is 1.90. The highest BCUT2D eigenvalue weighted by molar-refractivity contribution is 5.75. The van der Waals surface area contributed by atoms with Crippen molar-refractivity contribution in [3.8, 4) is 5.75 Å². The van der Waals surface area contributed by atoms with Crippen LogP contribution in [0.15, 0.2) is 24.3 Å². The first kappa shape index (κ1) is 16.8. The van der Waals surface area contributed by atoms with Crippen LogP contribution in [-0.2, 0) is 11.3 Å². The zero-order valence-electron chi connectivity index (χ0n) is 12.9. The van der Waals surface area contributed by atoms with Gasteiger partial charge in [-0.05, 0) is 17.7 Å². The van der Waals surface area contributed by atoms with E-state index in [0.29, 0.717) is 6.54 Å². The highest BCUT2D eigenvalue weighted by Gasteiger charge is 2.20. The van der Waals surface area contributed by atoms with Crippen LogP contribution in [0.2, 0.25) is 0 Å². The van der Waals surface area contributed by atoms with Crippen molar-refractivity contribution in [2.24, 2.45) is 5.92 Å². The fraction of sp³-hybridized carbons (Fsp3) is 0.467. The molecular weight excluding hydrogens is 272 g/mol. The number of nitrogens with zero attached hydrogens (tertiary/aromatic N) is 2. The van der Waals surface area contributed by atoms with Crippen LogP contribution in [0.5, 0.6) is 5.75 Å². The highest BCUT2D eigenvalue weighted by atomic mass is 16.5. The molecule has 0 saturated heterocycles. The molecule has 1 aromatic rings. The van der Waals surface area contributed by atoms with E-state index in [9.17, 15) is 9.59 Å². The minimum atomic E-state index is -0.912. The maximum absolute atomic E-state index is 12.2. The summed E-state index contributed by atoms with van der Waals surface area (Å²) in [6.07, 6.45) is 0. The van der Waals surface area contributed by atoms with Crippen LogP contribution in [0.4, 0.5) is 4.79 Å². The number of carboxylic acids is 1. The molecule has 0 aromatic heterocycles. The van der Waals surface area contributed by atoms with Crippen molar-refractivity contribution in [1.29, 1.82) is 0 Å². The quantitative estimate of drug-likeness (QED) is 0.870. The average Bonchev–Trinajstić information content (AvgIpc) is 2.46. The summed E-state index contributed by atoms with van der Waals surface area (Å²) in [7, 11) is 4.88. The van der Waals surface area contributed by atoms with E-state index in [1.165, 1.54) is 4.90 Å². The van der Waals surface area contributed by atoms with Crippen LogP contribution < -0.4 is 4.74 Å². The van der Waals surface area contributed by atoms with E-state index >= 15 is 0 Å². The van der Waals surface area contributed by atoms with E-state index in [1.54, 1.807) is 33.0 Å². The Balaban J connectivity index is 2.63. The third-order valence-corrected chi connectivity index (χ3v) is 3.18. The fourth-order valence-corrected chi connectivity index (χ4v) is 1.97. The standard InChI is InChI=1S/C15H22N2O4/c1-11(14(18)19)9-16(2)15(20)17(3)10-12-6-5-7-13(8-12)21-4/h5-8,11H,9-10H2,1-4H3,(H,18,19). The number of hydrogen-bond donors (Lipinski definition) is 1. The Morgan fingerprint density at radius 3 is 2.52 bits per heavy atom. The third kappa shape index (κ3) is 4.98. The van der Waals surface area contributed by atoms with Crippen LogP contribution in [-0.4, -0.2) is 54.7 Å². The number of amides is 2. The van der Waals surface area contributed by atoms with Gasteiger partial charge in [-0.15, -0.1) is 0 Å². The molecule has 0 bridgehead atoms. The Hall–Kier alpha value is -2.24. The highest BCUT2D eigenvalue weighted by Crippen LogP contribution is 2.14. The van der Waals surface area contributed by atoms with E-state index in [4.69, 9.17) is 9.84 Å². The summed E-state index contributed by atoms with van der Waals surface area (Å²) in [6, 6.07) is 7.26. The number of carboxylic acid groups (broad SMARTS) is 1. The molecule has 1 unspecified atom stereocenters. The van der Waals surface area contributed by atoms with E-state index in [1.807, 2.05) is 24.3 Å². The van der Waals surface area contributed by atoms with Gasteiger partial charge in [-0.3, -0.25) is 4.79 Å². The lowest BCUT2D eigenvalue weighted by molar-refractivity contribution is -0.141. The van der Waals surface area contributed by atoms with Gasteiger partial charge in [-0.2, -0.15) is 0 Å². The molecule has 0 saturated carbocycles. The first-order chi connectivity index (χ1) is 9.85. The molecule has 6 nitrogen and oxygen atoms in total. The van der Waals surface area contributed by atoms with Crippen molar-refractivity contribution in [3.05, 3.63) is 29.8 Å². The monoisotopic (exact) mass is 294 g/mol. The van der Waals surface area contributed by atoms with E-state index in [0.717, 1.165) is 11.3 Å². The van der Waals surface area contributed by atoms with Crippen molar-refractivity contribution in [2.75, 3.05) is 27.7 Å². The Morgan fingerprint density at radius 2 is 1.95 bits per heavy atom. The Bertz CT molecular complexity index is 504. The summed E-state index contributed by atoms with van der Waals surface area (Å²) in [5.41, 5.74) is 0.949. The lowest BCUT2D eigenvalue weighted by Crippen LogP contribution is -2.41. The number of benzene rings is 1. The lowest BCUT2D eigenvalue weighted by Gasteiger charge is -2.26. The molecule has 1 atom stereocenters. The molecule has 0 radical (unpaired) electrons. The number of carbonyl (C=O) groups excluding carboxylic acids is 1. The second-order valence-corrected chi connectivity index (χ2v) is 5.11. The van der Waals surface area contributed by atoms with Gasteiger partial charge < -0.3 is 19.6 Å². The van der Waals surface area contributed by atoms with Gasteiger partial charge in [0.15, 0.2) is 0 Å². The molecular formula is C15H22N2O4. The Labute approximate surface area is 124 Å². The zero-order valence-corrected chi connectivity index (χ0v) is 12.9. The molecule has 2 amide bonds. The molecule has 1 N–H and O–H groups in total. The van der Waals surface area contributed by atoms with Gasteiger partial charge in [-0.1, -0.05) is 19.1 Å². The topological polar surface area (TPSA) is 70.1 Å². The predicted molar refractivity (Wildman–Crippen MR) is 79.3 cm³/mol. The summed E-state index contributed by atoms with van der Waals surface area (Å²) < 4.78 is 5.14. The van der Waals surface area contributed by atoms with Gasteiger partial charge in [0.2, 0.25) is 0 Å². The number of carbonyl (C=O) groups is 2. The van der Waals surface area contributed by atoms with Crippen molar-refractivity contribution >= 4 is 12.0 Å². The number of hydrogen-bond acceptors (Lipinski definition) is 3. The summed E-state index contributed by atoms with van der Waals surface area (Å²) in [5, 5.41) is 8.88. The SMILES string of the molecule is COc1cccc(CN(C)C(=O)N(C)CC(C)C(=O)O)c1. The molecule has 0 aliphatic heterocycles. The van der Waals surface area contributed by atoms with Crippen LogP contribution in [0.1, 0.15) is 12.5 Å². The molecule has 0 fully saturated rings. The van der Waals surface area contributed by atoms with Crippen molar-refractivity contribution in [2.45, 2.75) is 13.5 Å². The first-order valence-electron chi connectivity index (χ1n) is 6.67. The number of urea groups is 1. The fourth-order valence-electron chi connectivity index (χ4n) is 1.97. The van der Waals surface area contributed by atoms with Gasteiger partial charge in [0.1, 0.15) is 5.75 Å². The molecule has 21 heavy (non-hydrogen) atoms. The van der Waals surface area contributed by atoms with Gasteiger partial charge in [0.05, 0.1) is 13.0 Å². The van der Waals surface area contributed by atoms with Gasteiger partial charge in [0.25, 0.3) is 0 Å². The molecule has 1 aromatic carbocycles. The Morgan fingerprint density at radius 1 is 1.29 bits per heavy atom. The molecule has 0 aliphatic rings. The summed E-state index contributed by atoms with van der Waals surface area (Å²) in [4.78, 5) is 26.0. The lowest BCUT2D eigenvalue weighted by atomic mass is 10.2. The van der Waals surface area contributed by atoms with E-state index < -0.39 is 11.9 Å². The minimum absolute atomic E-state index is 0.177. The van der Waals surface area contributed by atoms with E-state index in [2.05, 4.69) is 0 Å². The smallest absolute Gasteiger partial charge is 0.319 e. The number of ether oxygens (including phenoxy) is 1. The molecule has 0 aliphatic carbocycles. The second kappa shape index (κ2) is 7.52. The van der Waals surface area contributed by atoms with Crippen LogP contribution in [0, 0.1) is 5.92 Å². The molecule has 6 heteroatoms. The Kier molecular flexibility index (Phi) is 6.02. The maximum Gasteiger partial charge on any atom is 0.319 e. The van der Waals surface area contributed by atoms with Crippen LogP contribution >= 0.6 is 0 Å². The summed E-state index contributed by atoms with van der Waals surface area (Å²) in [6.45, 7) is 2.19. The minimum Gasteiger partial charge on any atom is -0.497 e. The number of rotatable bonds is 6. The maximum atomic E-state index is 12.2. The van der Waals surface area contributed by atoms with Gasteiger partial charge >= 0.3 is 12.0 Å². The summed E-state index contributed by atoms with van der Waals surface area (Å²) >= 11 is 0. The average molecular weight is 294 g/mol.